The van der Waals surface area contributed by atoms with E-state index in [1.807, 2.05) is 6.92 Å². The number of aliphatic carboxylic acids is 1. The van der Waals surface area contributed by atoms with Gasteiger partial charge < -0.3 is 9.84 Å². The molecule has 1 aromatic heterocycles. The van der Waals surface area contributed by atoms with Gasteiger partial charge in [-0.25, -0.2) is 13.5 Å². The molecule has 1 saturated carbocycles. The highest BCUT2D eigenvalue weighted by molar-refractivity contribution is 6.30. The molecule has 8 heteroatoms. The molecule has 0 spiro atoms. The van der Waals surface area contributed by atoms with Crippen LogP contribution < -0.4 is 4.74 Å². The van der Waals surface area contributed by atoms with E-state index in [1.54, 1.807) is 35.0 Å². The van der Waals surface area contributed by atoms with Crippen LogP contribution in [0.25, 0.3) is 5.69 Å². The van der Waals surface area contributed by atoms with Crippen LogP contribution in [0.4, 0.5) is 8.78 Å². The number of hydrogen-bond acceptors (Lipinski definition) is 3. The molecular weight excluding hydrogens is 414 g/mol. The number of benzene rings is 2. The maximum Gasteiger partial charge on any atom is 0.306 e. The summed E-state index contributed by atoms with van der Waals surface area (Å²) in [6, 6.07) is 11.2. The van der Waals surface area contributed by atoms with Gasteiger partial charge in [0.05, 0.1) is 23.0 Å². The largest absolute Gasteiger partial charge is 0.481 e. The summed E-state index contributed by atoms with van der Waals surface area (Å²) in [5.41, 5.74) is 2.53. The summed E-state index contributed by atoms with van der Waals surface area (Å²) in [4.78, 5) is 10.9. The second-order valence-corrected chi connectivity index (χ2v) is 7.92. The summed E-state index contributed by atoms with van der Waals surface area (Å²) in [5, 5.41) is 14.0. The molecule has 1 fully saturated rings. The van der Waals surface area contributed by atoms with Gasteiger partial charge in [0.2, 0.25) is 0 Å². The first-order valence-corrected chi connectivity index (χ1v) is 9.84. The highest BCUT2D eigenvalue weighted by Crippen LogP contribution is 2.41. The van der Waals surface area contributed by atoms with Gasteiger partial charge in [-0.05, 0) is 73.7 Å². The zero-order valence-electron chi connectivity index (χ0n) is 16.1. The summed E-state index contributed by atoms with van der Waals surface area (Å²) in [6.07, 6.45) is 0.860. The first-order chi connectivity index (χ1) is 14.3. The van der Waals surface area contributed by atoms with Crippen LogP contribution in [0.15, 0.2) is 42.5 Å². The van der Waals surface area contributed by atoms with Crippen molar-refractivity contribution in [2.75, 3.05) is 0 Å². The molecule has 2 aromatic carbocycles. The van der Waals surface area contributed by atoms with Gasteiger partial charge in [0, 0.05) is 5.02 Å². The van der Waals surface area contributed by atoms with E-state index in [-0.39, 0.29) is 12.5 Å². The molecule has 2 unspecified atom stereocenters. The third kappa shape index (κ3) is 4.31. The van der Waals surface area contributed by atoms with Crippen molar-refractivity contribution >= 4 is 17.6 Å². The second-order valence-electron chi connectivity index (χ2n) is 7.49. The molecule has 2 atom stereocenters. The molecule has 0 amide bonds. The molecule has 1 aliphatic rings. The molecule has 0 radical (unpaired) electrons. The van der Waals surface area contributed by atoms with E-state index >= 15 is 0 Å². The minimum absolute atomic E-state index is 0.0789. The maximum atomic E-state index is 14.5. The van der Waals surface area contributed by atoms with Gasteiger partial charge in [-0.3, -0.25) is 4.79 Å². The van der Waals surface area contributed by atoms with Crippen molar-refractivity contribution in [3.8, 4) is 11.4 Å². The summed E-state index contributed by atoms with van der Waals surface area (Å²) in [6.45, 7) is 1.73. The van der Waals surface area contributed by atoms with Crippen molar-refractivity contribution < 1.29 is 23.4 Å². The zero-order valence-corrected chi connectivity index (χ0v) is 16.9. The van der Waals surface area contributed by atoms with E-state index in [9.17, 15) is 13.6 Å². The smallest absolute Gasteiger partial charge is 0.306 e. The average Bonchev–Trinajstić information content (AvgIpc) is 3.35. The molecule has 4 rings (SSSR count). The van der Waals surface area contributed by atoms with Crippen LogP contribution in [0.5, 0.6) is 5.75 Å². The zero-order chi connectivity index (χ0) is 21.4. The van der Waals surface area contributed by atoms with Crippen molar-refractivity contribution in [1.29, 1.82) is 0 Å². The number of halogens is 3. The number of aromatic nitrogens is 2. The van der Waals surface area contributed by atoms with Crippen molar-refractivity contribution in [2.45, 2.75) is 26.4 Å². The van der Waals surface area contributed by atoms with Gasteiger partial charge in [-0.15, -0.1) is 0 Å². The number of carboxylic acids is 1. The Hall–Kier alpha value is -2.93. The Kier molecular flexibility index (Phi) is 5.47. The fourth-order valence-corrected chi connectivity index (χ4v) is 3.68. The Morgan fingerprint density at radius 2 is 1.90 bits per heavy atom. The predicted octanol–water partition coefficient (Wildman–Crippen LogP) is 4.95. The van der Waals surface area contributed by atoms with Crippen LogP contribution in [0.1, 0.15) is 23.4 Å². The molecule has 3 aromatic rings. The summed E-state index contributed by atoms with van der Waals surface area (Å²) in [5.74, 6) is -3.47. The van der Waals surface area contributed by atoms with E-state index < -0.39 is 29.3 Å². The monoisotopic (exact) mass is 432 g/mol. The second kappa shape index (κ2) is 8.07. The minimum Gasteiger partial charge on any atom is -0.481 e. The Balaban J connectivity index is 1.49. The number of ether oxygens (including phenoxy) is 1. The number of rotatable bonds is 7. The van der Waals surface area contributed by atoms with Crippen molar-refractivity contribution in [2.24, 2.45) is 11.8 Å². The first-order valence-electron chi connectivity index (χ1n) is 9.47. The fourth-order valence-electron chi connectivity index (χ4n) is 3.55. The summed E-state index contributed by atoms with van der Waals surface area (Å²) >= 11 is 5.92. The topological polar surface area (TPSA) is 64.3 Å². The van der Waals surface area contributed by atoms with Crippen molar-refractivity contribution in [3.63, 3.8) is 0 Å². The quantitative estimate of drug-likeness (QED) is 0.573. The molecule has 0 aliphatic heterocycles. The molecule has 1 N–H and O–H groups in total. The molecule has 156 valence electrons. The van der Waals surface area contributed by atoms with Crippen LogP contribution >= 0.6 is 11.6 Å². The first kappa shape index (κ1) is 20.3. The number of hydrogen-bond donors (Lipinski definition) is 1. The van der Waals surface area contributed by atoms with E-state index in [0.29, 0.717) is 29.1 Å². The van der Waals surface area contributed by atoms with Crippen LogP contribution in [0.2, 0.25) is 5.02 Å². The number of carboxylic acid groups (broad SMARTS) is 1. The normalized spacial score (nSPS) is 17.7. The molecule has 5 nitrogen and oxygen atoms in total. The number of carbonyl (C=O) groups is 1. The molecule has 1 aliphatic carbocycles. The van der Waals surface area contributed by atoms with Gasteiger partial charge in [-0.2, -0.15) is 5.10 Å². The fraction of sp³-hybridized carbons (Fsp3) is 0.273. The van der Waals surface area contributed by atoms with E-state index in [0.717, 1.165) is 11.4 Å². The Labute approximate surface area is 176 Å². The van der Waals surface area contributed by atoms with E-state index in [4.69, 9.17) is 21.4 Å². The third-order valence-electron chi connectivity index (χ3n) is 5.14. The van der Waals surface area contributed by atoms with Crippen molar-refractivity contribution in [1.82, 2.24) is 9.78 Å². The van der Waals surface area contributed by atoms with Gasteiger partial charge in [-0.1, -0.05) is 11.6 Å². The number of aryl methyl sites for hydroxylation is 1. The van der Waals surface area contributed by atoms with Gasteiger partial charge >= 0.3 is 5.97 Å². The van der Waals surface area contributed by atoms with E-state index in [1.165, 1.54) is 12.1 Å². The SMILES string of the molecule is Cc1cc(COc2c(F)cc(CC3CC3C(=O)O)cc2F)n(-c2ccc(Cl)cc2)n1. The van der Waals surface area contributed by atoms with Gasteiger partial charge in [0.25, 0.3) is 0 Å². The summed E-state index contributed by atoms with van der Waals surface area (Å²) in [7, 11) is 0. The third-order valence-corrected chi connectivity index (χ3v) is 5.39. The van der Waals surface area contributed by atoms with Gasteiger partial charge in [0.15, 0.2) is 17.4 Å². The Morgan fingerprint density at radius 3 is 2.50 bits per heavy atom. The highest BCUT2D eigenvalue weighted by atomic mass is 35.5. The Bertz CT molecular complexity index is 1080. The van der Waals surface area contributed by atoms with E-state index in [2.05, 4.69) is 5.10 Å². The predicted molar refractivity (Wildman–Crippen MR) is 107 cm³/mol. The standard InChI is InChI=1S/C22H19ClF2N2O3/c1-12-6-17(27(26-12)16-4-2-15(23)3-5-16)11-30-21-19(24)8-13(9-20(21)25)7-14-10-18(14)22(28)29/h2-6,8-9,14,18H,7,10-11H2,1H3,(H,28,29). The lowest BCUT2D eigenvalue weighted by Gasteiger charge is -2.12. The minimum atomic E-state index is -0.867. The highest BCUT2D eigenvalue weighted by Gasteiger charge is 2.42. The van der Waals surface area contributed by atoms with Crippen LogP contribution in [-0.2, 0) is 17.8 Å². The summed E-state index contributed by atoms with van der Waals surface area (Å²) < 4.78 is 36.1. The van der Waals surface area contributed by atoms with Crippen molar-refractivity contribution in [3.05, 3.63) is 76.1 Å². The molecule has 0 bridgehead atoms. The molecular formula is C22H19ClF2N2O3. The lowest BCUT2D eigenvalue weighted by atomic mass is 10.1. The average molecular weight is 433 g/mol. The molecule has 30 heavy (non-hydrogen) atoms. The van der Waals surface area contributed by atoms with Gasteiger partial charge in [0.1, 0.15) is 6.61 Å². The lowest BCUT2D eigenvalue weighted by Crippen LogP contribution is -2.08. The molecule has 0 saturated heterocycles. The lowest BCUT2D eigenvalue weighted by molar-refractivity contribution is -0.138. The van der Waals surface area contributed by atoms with Crippen LogP contribution in [-0.4, -0.2) is 20.9 Å². The maximum absolute atomic E-state index is 14.5. The number of nitrogens with zero attached hydrogens (tertiary/aromatic N) is 2. The van der Waals surface area contributed by atoms with Crippen LogP contribution in [0, 0.1) is 30.4 Å². The van der Waals surface area contributed by atoms with Crippen LogP contribution in [0.3, 0.4) is 0 Å². The Morgan fingerprint density at radius 1 is 1.23 bits per heavy atom. The molecule has 1 heterocycles.